The van der Waals surface area contributed by atoms with E-state index < -0.39 is 29.6 Å². The van der Waals surface area contributed by atoms with E-state index in [9.17, 15) is 14.4 Å². The summed E-state index contributed by atoms with van der Waals surface area (Å²) in [4.78, 5) is 34.0. The Hall–Kier alpha value is -2.16. The van der Waals surface area contributed by atoms with Crippen molar-refractivity contribution in [3.05, 3.63) is 0 Å². The van der Waals surface area contributed by atoms with E-state index in [-0.39, 0.29) is 18.2 Å². The summed E-state index contributed by atoms with van der Waals surface area (Å²) in [6, 6.07) is -2.48. The van der Waals surface area contributed by atoms with E-state index in [1.807, 2.05) is 19.3 Å². The van der Waals surface area contributed by atoms with E-state index in [1.165, 1.54) is 0 Å². The first-order valence-electron chi connectivity index (χ1n) is 7.78. The molecule has 0 spiro atoms. The number of rotatable bonds is 8. The molecule has 1 unspecified atom stereocenters. The largest absolute Gasteiger partial charge is 0.473 e. The van der Waals surface area contributed by atoms with Crippen LogP contribution in [0.2, 0.25) is 0 Å². The van der Waals surface area contributed by atoms with Gasteiger partial charge in [0.1, 0.15) is 17.9 Å². The Kier molecular flexibility index (Phi) is 8.97. The van der Waals surface area contributed by atoms with Crippen molar-refractivity contribution in [1.82, 2.24) is 10.7 Å². The van der Waals surface area contributed by atoms with Crippen LogP contribution in [0.15, 0.2) is 5.10 Å². The number of amides is 3. The molecule has 0 radical (unpaired) electrons. The fourth-order valence-corrected chi connectivity index (χ4v) is 1.81. The van der Waals surface area contributed by atoms with Gasteiger partial charge in [0.05, 0.1) is 6.04 Å². The number of aldehydes is 1. The lowest BCUT2D eigenvalue weighted by molar-refractivity contribution is -0.123. The Morgan fingerprint density at radius 1 is 1.29 bits per heavy atom. The van der Waals surface area contributed by atoms with Crippen molar-refractivity contribution in [1.29, 1.82) is 0 Å². The Morgan fingerprint density at radius 3 is 2.29 bits per heavy atom. The second kappa shape index (κ2) is 9.86. The molecule has 0 saturated heterocycles. The standard InChI is InChI=1S/C15H29N5O4/c1-9(2)8-10(16)12(22)18-11(6-7-21)13(19-20-14(17)23)24-15(3,4)5/h7,9-11H,6,8,16H2,1-5H3,(H,18,22)(H3,17,20,23)/t10-,11?/m0/s1. The van der Waals surface area contributed by atoms with E-state index >= 15 is 0 Å². The van der Waals surface area contributed by atoms with E-state index in [2.05, 4.69) is 10.4 Å². The minimum atomic E-state index is -0.891. The van der Waals surface area contributed by atoms with Crippen LogP contribution in [0.5, 0.6) is 0 Å². The summed E-state index contributed by atoms with van der Waals surface area (Å²) in [5, 5.41) is 6.38. The third-order valence-electron chi connectivity index (χ3n) is 2.70. The first kappa shape index (κ1) is 21.8. The van der Waals surface area contributed by atoms with Crippen molar-refractivity contribution in [3.8, 4) is 0 Å². The third-order valence-corrected chi connectivity index (χ3v) is 2.70. The van der Waals surface area contributed by atoms with Crippen molar-refractivity contribution in [2.24, 2.45) is 22.5 Å². The molecule has 0 saturated carbocycles. The molecule has 2 atom stereocenters. The SMILES string of the molecule is CC(C)C[C@H](N)C(=O)NC(CC=O)C(=NNC(N)=O)OC(C)(C)C. The second-order valence-electron chi connectivity index (χ2n) is 6.84. The smallest absolute Gasteiger partial charge is 0.332 e. The molecule has 138 valence electrons. The lowest BCUT2D eigenvalue weighted by atomic mass is 10.0. The van der Waals surface area contributed by atoms with Gasteiger partial charge in [-0.1, -0.05) is 13.8 Å². The van der Waals surface area contributed by atoms with E-state index in [1.54, 1.807) is 20.8 Å². The number of nitrogens with one attached hydrogen (secondary N) is 2. The predicted octanol–water partition coefficient (Wildman–Crippen LogP) is 0.231. The highest BCUT2D eigenvalue weighted by molar-refractivity contribution is 5.91. The summed E-state index contributed by atoms with van der Waals surface area (Å²) >= 11 is 0. The first-order chi connectivity index (χ1) is 11.0. The fourth-order valence-electron chi connectivity index (χ4n) is 1.81. The first-order valence-corrected chi connectivity index (χ1v) is 7.78. The highest BCUT2D eigenvalue weighted by Gasteiger charge is 2.27. The molecule has 0 heterocycles. The maximum absolute atomic E-state index is 12.2. The van der Waals surface area contributed by atoms with Gasteiger partial charge in [0, 0.05) is 6.42 Å². The molecule has 0 aliphatic carbocycles. The normalized spacial score (nSPS) is 14.7. The number of nitrogens with zero attached hydrogens (tertiary/aromatic N) is 1. The Balaban J connectivity index is 5.28. The second-order valence-corrected chi connectivity index (χ2v) is 6.84. The van der Waals surface area contributed by atoms with Crippen molar-refractivity contribution >= 4 is 24.1 Å². The van der Waals surface area contributed by atoms with Crippen molar-refractivity contribution in [2.75, 3.05) is 0 Å². The molecule has 3 amide bonds. The number of hydrazone groups is 1. The van der Waals surface area contributed by atoms with Crippen LogP contribution in [0.1, 0.15) is 47.5 Å². The molecular weight excluding hydrogens is 314 g/mol. The number of carbonyl (C=O) groups is 3. The molecule has 24 heavy (non-hydrogen) atoms. The van der Waals surface area contributed by atoms with Gasteiger partial charge in [0.2, 0.25) is 11.8 Å². The molecule has 0 bridgehead atoms. The van der Waals surface area contributed by atoms with Gasteiger partial charge < -0.3 is 26.3 Å². The quantitative estimate of drug-likeness (QED) is 0.215. The van der Waals surface area contributed by atoms with Gasteiger partial charge in [-0.15, -0.1) is 5.10 Å². The van der Waals surface area contributed by atoms with Crippen LogP contribution in [-0.4, -0.2) is 41.8 Å². The Morgan fingerprint density at radius 2 is 1.88 bits per heavy atom. The summed E-state index contributed by atoms with van der Waals surface area (Å²) < 4.78 is 5.63. The number of hydrogen-bond acceptors (Lipinski definition) is 6. The van der Waals surface area contributed by atoms with Crippen LogP contribution < -0.4 is 22.2 Å². The summed E-state index contributed by atoms with van der Waals surface area (Å²) in [6.07, 6.45) is 1.02. The van der Waals surface area contributed by atoms with Crippen LogP contribution in [-0.2, 0) is 14.3 Å². The van der Waals surface area contributed by atoms with Gasteiger partial charge >= 0.3 is 6.03 Å². The molecule has 9 heteroatoms. The van der Waals surface area contributed by atoms with Crippen LogP contribution in [0.4, 0.5) is 4.79 Å². The van der Waals surface area contributed by atoms with Crippen molar-refractivity contribution in [3.63, 3.8) is 0 Å². The Bertz CT molecular complexity index is 471. The molecule has 0 aromatic rings. The van der Waals surface area contributed by atoms with Gasteiger partial charge in [-0.25, -0.2) is 10.2 Å². The van der Waals surface area contributed by atoms with E-state index in [0.29, 0.717) is 12.7 Å². The highest BCUT2D eigenvalue weighted by atomic mass is 16.5. The van der Waals surface area contributed by atoms with Crippen molar-refractivity contribution < 1.29 is 19.1 Å². The maximum atomic E-state index is 12.2. The zero-order valence-corrected chi connectivity index (χ0v) is 15.0. The fraction of sp³-hybridized carbons (Fsp3) is 0.733. The van der Waals surface area contributed by atoms with Crippen LogP contribution in [0, 0.1) is 5.92 Å². The van der Waals surface area contributed by atoms with Crippen LogP contribution in [0.25, 0.3) is 0 Å². The molecule has 0 aromatic heterocycles. The predicted molar refractivity (Wildman–Crippen MR) is 91.0 cm³/mol. The van der Waals surface area contributed by atoms with E-state index in [0.717, 1.165) is 0 Å². The topological polar surface area (TPSA) is 149 Å². The number of nitrogens with two attached hydrogens (primary N) is 2. The van der Waals surface area contributed by atoms with Crippen LogP contribution >= 0.6 is 0 Å². The molecule has 0 aromatic carbocycles. The average molecular weight is 343 g/mol. The van der Waals surface area contributed by atoms with Gasteiger partial charge in [0.15, 0.2) is 0 Å². The summed E-state index contributed by atoms with van der Waals surface area (Å²) in [5.41, 5.74) is 12.2. The maximum Gasteiger partial charge on any atom is 0.332 e. The van der Waals surface area contributed by atoms with E-state index in [4.69, 9.17) is 16.2 Å². The Labute approximate surface area is 142 Å². The molecule has 6 N–H and O–H groups in total. The lowest BCUT2D eigenvalue weighted by Crippen LogP contribution is -2.51. The molecule has 0 fully saturated rings. The summed E-state index contributed by atoms with van der Waals surface area (Å²) in [5.74, 6) is -0.218. The van der Waals surface area contributed by atoms with Gasteiger partial charge in [0.25, 0.3) is 0 Å². The van der Waals surface area contributed by atoms with Gasteiger partial charge in [-0.05, 0) is 33.1 Å². The number of ether oxygens (including phenoxy) is 1. The molecular formula is C15H29N5O4. The average Bonchev–Trinajstić information content (AvgIpc) is 2.40. The highest BCUT2D eigenvalue weighted by Crippen LogP contribution is 2.11. The monoisotopic (exact) mass is 343 g/mol. The number of primary amides is 1. The minimum Gasteiger partial charge on any atom is -0.473 e. The minimum absolute atomic E-state index is 0.0292. The van der Waals surface area contributed by atoms with Gasteiger partial charge in [-0.3, -0.25) is 4.79 Å². The molecule has 0 aliphatic rings. The summed E-state index contributed by atoms with van der Waals surface area (Å²) in [7, 11) is 0. The molecule has 9 nitrogen and oxygen atoms in total. The zero-order chi connectivity index (χ0) is 18.9. The zero-order valence-electron chi connectivity index (χ0n) is 15.0. The number of urea groups is 1. The third kappa shape index (κ3) is 9.78. The van der Waals surface area contributed by atoms with Crippen LogP contribution in [0.3, 0.4) is 0 Å². The number of hydrogen-bond donors (Lipinski definition) is 4. The molecule has 0 aliphatic heterocycles. The molecule has 0 rings (SSSR count). The van der Waals surface area contributed by atoms with Gasteiger partial charge in [-0.2, -0.15) is 0 Å². The lowest BCUT2D eigenvalue weighted by Gasteiger charge is -2.27. The van der Waals surface area contributed by atoms with Crippen molar-refractivity contribution in [2.45, 2.75) is 65.1 Å². The summed E-state index contributed by atoms with van der Waals surface area (Å²) in [6.45, 7) is 9.18. The number of carbonyl (C=O) groups excluding carboxylic acids is 3.